The van der Waals surface area contributed by atoms with Crippen molar-refractivity contribution in [2.75, 3.05) is 38.6 Å². The molecule has 1 fully saturated rings. The molecular weight excluding hydrogens is 426 g/mol. The molecular formula is C23H33N5O3S. The van der Waals surface area contributed by atoms with E-state index in [1.807, 2.05) is 35.8 Å². The molecule has 3 rings (SSSR count). The summed E-state index contributed by atoms with van der Waals surface area (Å²) in [5, 5.41) is 12.3. The number of benzene rings is 1. The van der Waals surface area contributed by atoms with Gasteiger partial charge in [0.25, 0.3) is 0 Å². The predicted molar refractivity (Wildman–Crippen MR) is 126 cm³/mol. The summed E-state index contributed by atoms with van der Waals surface area (Å²) in [6.45, 7) is 14.8. The summed E-state index contributed by atoms with van der Waals surface area (Å²) in [4.78, 5) is 14.8. The fraction of sp³-hybridized carbons (Fsp3) is 0.522. The predicted octanol–water partition coefficient (Wildman–Crippen LogP) is 2.67. The van der Waals surface area contributed by atoms with Gasteiger partial charge in [-0.25, -0.2) is 0 Å². The molecule has 1 amide bonds. The van der Waals surface area contributed by atoms with Gasteiger partial charge >= 0.3 is 0 Å². The minimum absolute atomic E-state index is 0.0259. The molecule has 0 atom stereocenters. The number of aromatic nitrogens is 3. The highest BCUT2D eigenvalue weighted by molar-refractivity contribution is 7.99. The topological polar surface area (TPSA) is 81.5 Å². The van der Waals surface area contributed by atoms with Crippen LogP contribution in [0.2, 0.25) is 0 Å². The zero-order chi connectivity index (χ0) is 23.0. The maximum atomic E-state index is 12.5. The fourth-order valence-corrected chi connectivity index (χ4v) is 4.27. The summed E-state index contributed by atoms with van der Waals surface area (Å²) in [7, 11) is 0. The van der Waals surface area contributed by atoms with Crippen LogP contribution in [0.25, 0.3) is 0 Å². The monoisotopic (exact) mass is 459 g/mol. The molecule has 1 aliphatic rings. The van der Waals surface area contributed by atoms with E-state index in [9.17, 15) is 4.79 Å². The highest BCUT2D eigenvalue weighted by Gasteiger charge is 2.28. The van der Waals surface area contributed by atoms with E-state index in [1.165, 1.54) is 11.8 Å². The Labute approximate surface area is 194 Å². The van der Waals surface area contributed by atoms with Gasteiger partial charge in [-0.2, -0.15) is 0 Å². The number of hydrogen-bond donors (Lipinski definition) is 1. The molecule has 1 aromatic heterocycles. The molecule has 1 saturated heterocycles. The molecule has 0 spiro atoms. The molecule has 1 aliphatic heterocycles. The highest BCUT2D eigenvalue weighted by atomic mass is 32.2. The van der Waals surface area contributed by atoms with Crippen molar-refractivity contribution in [3.63, 3.8) is 0 Å². The Hall–Kier alpha value is -2.36. The molecule has 0 radical (unpaired) electrons. The molecule has 174 valence electrons. The molecule has 32 heavy (non-hydrogen) atoms. The van der Waals surface area contributed by atoms with E-state index in [0.717, 1.165) is 37.6 Å². The van der Waals surface area contributed by atoms with Crippen molar-refractivity contribution >= 4 is 17.7 Å². The first-order chi connectivity index (χ1) is 15.4. The number of rotatable bonds is 11. The van der Waals surface area contributed by atoms with Crippen LogP contribution in [0.5, 0.6) is 5.75 Å². The van der Waals surface area contributed by atoms with Crippen LogP contribution in [0.3, 0.4) is 0 Å². The third-order valence-corrected chi connectivity index (χ3v) is 6.35. The number of aryl methyl sites for hydroxylation is 1. The standard InChI is InChI=1S/C23H33N5O3S/c1-5-9-28-20(15-31-19-8-6-7-18(2)14-19)25-26-22(28)32-16-21(29)24-17-23(3,4)27-10-12-30-13-11-27/h5-8,14H,1,9-13,15-17H2,2-4H3,(H,24,29). The third-order valence-electron chi connectivity index (χ3n) is 5.38. The van der Waals surface area contributed by atoms with E-state index in [2.05, 4.69) is 40.8 Å². The lowest BCUT2D eigenvalue weighted by atomic mass is 10.0. The Morgan fingerprint density at radius 1 is 1.34 bits per heavy atom. The third kappa shape index (κ3) is 6.82. The van der Waals surface area contributed by atoms with Crippen LogP contribution in [0.1, 0.15) is 25.2 Å². The summed E-state index contributed by atoms with van der Waals surface area (Å²) >= 11 is 1.37. The molecule has 0 bridgehead atoms. The average Bonchev–Trinajstić information content (AvgIpc) is 3.17. The van der Waals surface area contributed by atoms with Crippen molar-refractivity contribution in [3.05, 3.63) is 48.3 Å². The normalized spacial score (nSPS) is 14.8. The van der Waals surface area contributed by atoms with Gasteiger partial charge in [0, 0.05) is 31.7 Å². The van der Waals surface area contributed by atoms with Crippen LogP contribution >= 0.6 is 11.8 Å². The zero-order valence-electron chi connectivity index (χ0n) is 19.2. The first kappa shape index (κ1) is 24.3. The van der Waals surface area contributed by atoms with E-state index in [1.54, 1.807) is 6.08 Å². The van der Waals surface area contributed by atoms with Gasteiger partial charge in [0.05, 0.1) is 19.0 Å². The molecule has 0 saturated carbocycles. The fourth-order valence-electron chi connectivity index (χ4n) is 3.47. The van der Waals surface area contributed by atoms with Gasteiger partial charge in [-0.3, -0.25) is 14.3 Å². The van der Waals surface area contributed by atoms with Crippen LogP contribution in [0.15, 0.2) is 42.1 Å². The molecule has 0 aliphatic carbocycles. The van der Waals surface area contributed by atoms with E-state index in [-0.39, 0.29) is 17.2 Å². The Morgan fingerprint density at radius 3 is 2.84 bits per heavy atom. The maximum Gasteiger partial charge on any atom is 0.230 e. The highest BCUT2D eigenvalue weighted by Crippen LogP contribution is 2.20. The SMILES string of the molecule is C=CCn1c(COc2cccc(C)c2)nnc1SCC(=O)NCC(C)(C)N1CCOCC1. The van der Waals surface area contributed by atoms with Crippen LogP contribution in [-0.2, 0) is 22.7 Å². The molecule has 8 nitrogen and oxygen atoms in total. The number of allylic oxidation sites excluding steroid dienone is 1. The Morgan fingerprint density at radius 2 is 2.12 bits per heavy atom. The first-order valence-electron chi connectivity index (χ1n) is 10.8. The number of ether oxygens (including phenoxy) is 2. The minimum Gasteiger partial charge on any atom is -0.486 e. The number of nitrogens with one attached hydrogen (secondary N) is 1. The van der Waals surface area contributed by atoms with Gasteiger partial charge in [0.2, 0.25) is 5.91 Å². The second-order valence-corrected chi connectivity index (χ2v) is 9.32. The van der Waals surface area contributed by atoms with Crippen molar-refractivity contribution < 1.29 is 14.3 Å². The summed E-state index contributed by atoms with van der Waals surface area (Å²) in [6.07, 6.45) is 1.79. The average molecular weight is 460 g/mol. The number of carbonyl (C=O) groups excluding carboxylic acids is 1. The second-order valence-electron chi connectivity index (χ2n) is 8.38. The largest absolute Gasteiger partial charge is 0.486 e. The van der Waals surface area contributed by atoms with Gasteiger partial charge in [0.1, 0.15) is 12.4 Å². The molecule has 1 aromatic carbocycles. The number of morpholine rings is 1. The maximum absolute atomic E-state index is 12.5. The van der Waals surface area contributed by atoms with Crippen LogP contribution in [0, 0.1) is 6.92 Å². The smallest absolute Gasteiger partial charge is 0.230 e. The number of thioether (sulfide) groups is 1. The lowest BCUT2D eigenvalue weighted by Crippen LogP contribution is -2.55. The molecule has 9 heteroatoms. The van der Waals surface area contributed by atoms with E-state index in [0.29, 0.717) is 30.7 Å². The van der Waals surface area contributed by atoms with Crippen LogP contribution in [-0.4, -0.2) is 69.7 Å². The summed E-state index contributed by atoms with van der Waals surface area (Å²) in [5.74, 6) is 1.73. The molecule has 2 heterocycles. The van der Waals surface area contributed by atoms with E-state index < -0.39 is 0 Å². The van der Waals surface area contributed by atoms with Crippen molar-refractivity contribution in [3.8, 4) is 5.75 Å². The quantitative estimate of drug-likeness (QED) is 0.409. The molecule has 0 unspecified atom stereocenters. The summed E-state index contributed by atoms with van der Waals surface area (Å²) in [5.41, 5.74) is 1.02. The first-order valence-corrected chi connectivity index (χ1v) is 11.8. The van der Waals surface area contributed by atoms with Crippen LogP contribution < -0.4 is 10.1 Å². The number of hydrogen-bond acceptors (Lipinski definition) is 7. The van der Waals surface area contributed by atoms with Crippen molar-refractivity contribution in [2.24, 2.45) is 0 Å². The number of carbonyl (C=O) groups is 1. The summed E-state index contributed by atoms with van der Waals surface area (Å²) in [6, 6.07) is 7.88. The minimum atomic E-state index is -0.118. The zero-order valence-corrected chi connectivity index (χ0v) is 20.0. The van der Waals surface area contributed by atoms with Gasteiger partial charge in [-0.05, 0) is 38.5 Å². The van der Waals surface area contributed by atoms with Gasteiger partial charge in [-0.15, -0.1) is 16.8 Å². The lowest BCUT2D eigenvalue weighted by molar-refractivity contribution is -0.119. The van der Waals surface area contributed by atoms with Crippen LogP contribution in [0.4, 0.5) is 0 Å². The van der Waals surface area contributed by atoms with Gasteiger partial charge < -0.3 is 14.8 Å². The Bertz CT molecular complexity index is 909. The van der Waals surface area contributed by atoms with E-state index >= 15 is 0 Å². The lowest BCUT2D eigenvalue weighted by Gasteiger charge is -2.40. The Kier molecular flexibility index (Phi) is 8.72. The summed E-state index contributed by atoms with van der Waals surface area (Å²) < 4.78 is 13.2. The number of amides is 1. The molecule has 2 aromatic rings. The number of nitrogens with zero attached hydrogens (tertiary/aromatic N) is 4. The van der Waals surface area contributed by atoms with Crippen molar-refractivity contribution in [1.82, 2.24) is 25.0 Å². The van der Waals surface area contributed by atoms with E-state index in [4.69, 9.17) is 9.47 Å². The van der Waals surface area contributed by atoms with Crippen molar-refractivity contribution in [2.45, 2.75) is 44.6 Å². The molecule has 1 N–H and O–H groups in total. The van der Waals surface area contributed by atoms with Gasteiger partial charge in [-0.1, -0.05) is 30.0 Å². The Balaban J connectivity index is 1.52. The second kappa shape index (κ2) is 11.5. The van der Waals surface area contributed by atoms with Gasteiger partial charge in [0.15, 0.2) is 11.0 Å². The van der Waals surface area contributed by atoms with Crippen molar-refractivity contribution in [1.29, 1.82) is 0 Å².